The van der Waals surface area contributed by atoms with Gasteiger partial charge in [0.25, 0.3) is 0 Å². The molecule has 2 nitrogen and oxygen atoms in total. The Morgan fingerprint density at radius 3 is 2.81 bits per heavy atom. The number of aromatic nitrogens is 1. The van der Waals surface area contributed by atoms with Gasteiger partial charge >= 0.3 is 0 Å². The molecular formula is C13H14N2S. The zero-order valence-corrected chi connectivity index (χ0v) is 10.00. The molecule has 0 radical (unpaired) electrons. The number of pyridine rings is 1. The van der Waals surface area contributed by atoms with Gasteiger partial charge in [0.1, 0.15) is 0 Å². The lowest BCUT2D eigenvalue weighted by Gasteiger charge is -2.05. The average Bonchev–Trinajstić information content (AvgIpc) is 2.29. The van der Waals surface area contributed by atoms with E-state index in [1.165, 1.54) is 10.5 Å². The van der Waals surface area contributed by atoms with Gasteiger partial charge in [0.2, 0.25) is 0 Å². The second kappa shape index (κ2) is 5.03. The molecule has 0 bridgehead atoms. The molecule has 82 valence electrons. The number of nitrogens with zero attached hydrogens (tertiary/aromatic N) is 1. The van der Waals surface area contributed by atoms with Crippen LogP contribution in [-0.4, -0.2) is 4.98 Å². The average molecular weight is 230 g/mol. The smallest absolute Gasteiger partial charge is 0.0506 e. The second-order valence-electron chi connectivity index (χ2n) is 3.63. The third-order valence-corrected chi connectivity index (χ3v) is 3.51. The highest BCUT2D eigenvalue weighted by atomic mass is 32.2. The van der Waals surface area contributed by atoms with E-state index in [-0.39, 0.29) is 0 Å². The van der Waals surface area contributed by atoms with Gasteiger partial charge in [-0.15, -0.1) is 11.8 Å². The van der Waals surface area contributed by atoms with Crippen LogP contribution < -0.4 is 5.73 Å². The predicted octanol–water partition coefficient (Wildman–Crippen LogP) is 3.26. The molecule has 0 fully saturated rings. The molecule has 1 aromatic carbocycles. The maximum atomic E-state index is 5.71. The van der Waals surface area contributed by atoms with E-state index >= 15 is 0 Å². The van der Waals surface area contributed by atoms with Crippen molar-refractivity contribution in [2.75, 3.05) is 5.73 Å². The van der Waals surface area contributed by atoms with Gasteiger partial charge in [-0.3, -0.25) is 4.98 Å². The Kier molecular flexibility index (Phi) is 3.47. The molecule has 0 saturated carbocycles. The topological polar surface area (TPSA) is 38.9 Å². The molecule has 0 saturated heterocycles. The summed E-state index contributed by atoms with van der Waals surface area (Å²) in [5, 5.41) is 0. The lowest BCUT2D eigenvalue weighted by atomic mass is 10.2. The van der Waals surface area contributed by atoms with E-state index in [1.54, 1.807) is 11.8 Å². The molecule has 0 spiro atoms. The Balaban J connectivity index is 2.05. The van der Waals surface area contributed by atoms with Crippen LogP contribution in [0, 0.1) is 6.92 Å². The van der Waals surface area contributed by atoms with Crippen molar-refractivity contribution in [2.45, 2.75) is 17.6 Å². The van der Waals surface area contributed by atoms with Crippen molar-refractivity contribution in [2.24, 2.45) is 0 Å². The van der Waals surface area contributed by atoms with Crippen LogP contribution in [0.1, 0.15) is 11.3 Å². The first-order chi connectivity index (χ1) is 7.75. The highest BCUT2D eigenvalue weighted by Gasteiger charge is 2.00. The van der Waals surface area contributed by atoms with Crippen LogP contribution in [0.2, 0.25) is 0 Å². The summed E-state index contributed by atoms with van der Waals surface area (Å²) in [6.45, 7) is 2.08. The normalized spacial score (nSPS) is 10.3. The number of aryl methyl sites for hydroxylation is 1. The molecule has 1 heterocycles. The van der Waals surface area contributed by atoms with E-state index < -0.39 is 0 Å². The first-order valence-electron chi connectivity index (χ1n) is 5.14. The van der Waals surface area contributed by atoms with E-state index in [0.717, 1.165) is 17.1 Å². The van der Waals surface area contributed by atoms with Gasteiger partial charge in [-0.2, -0.15) is 0 Å². The zero-order valence-electron chi connectivity index (χ0n) is 9.18. The van der Waals surface area contributed by atoms with Crippen molar-refractivity contribution < 1.29 is 0 Å². The SMILES string of the molecule is Cc1cc(N)ccc1SCc1ccccn1. The van der Waals surface area contributed by atoms with Crippen LogP contribution in [0.5, 0.6) is 0 Å². The molecule has 0 unspecified atom stereocenters. The Hall–Kier alpha value is -1.48. The molecule has 1 aromatic heterocycles. The van der Waals surface area contributed by atoms with Gasteiger partial charge in [-0.1, -0.05) is 6.07 Å². The first-order valence-corrected chi connectivity index (χ1v) is 6.13. The molecule has 2 aromatic rings. The maximum Gasteiger partial charge on any atom is 0.0506 e. The van der Waals surface area contributed by atoms with Gasteiger partial charge in [0.05, 0.1) is 5.69 Å². The largest absolute Gasteiger partial charge is 0.399 e. The zero-order chi connectivity index (χ0) is 11.4. The lowest BCUT2D eigenvalue weighted by molar-refractivity contribution is 1.17. The molecule has 16 heavy (non-hydrogen) atoms. The van der Waals surface area contributed by atoms with E-state index in [9.17, 15) is 0 Å². The quantitative estimate of drug-likeness (QED) is 0.649. The molecular weight excluding hydrogens is 216 g/mol. The van der Waals surface area contributed by atoms with E-state index in [1.807, 2.05) is 36.5 Å². The molecule has 0 atom stereocenters. The molecule has 0 aliphatic heterocycles. The van der Waals surface area contributed by atoms with Crippen LogP contribution in [0.25, 0.3) is 0 Å². The fourth-order valence-corrected chi connectivity index (χ4v) is 2.39. The van der Waals surface area contributed by atoms with Crippen molar-refractivity contribution in [3.63, 3.8) is 0 Å². The summed E-state index contributed by atoms with van der Waals surface area (Å²) < 4.78 is 0. The van der Waals surface area contributed by atoms with Gasteiger partial charge in [-0.25, -0.2) is 0 Å². The Morgan fingerprint density at radius 2 is 2.12 bits per heavy atom. The number of nitrogen functional groups attached to an aromatic ring is 1. The van der Waals surface area contributed by atoms with Crippen molar-refractivity contribution in [3.8, 4) is 0 Å². The first kappa shape index (κ1) is 11.0. The number of hydrogen-bond acceptors (Lipinski definition) is 3. The van der Waals surface area contributed by atoms with Crippen LogP contribution >= 0.6 is 11.8 Å². The molecule has 2 N–H and O–H groups in total. The number of hydrogen-bond donors (Lipinski definition) is 1. The lowest BCUT2D eigenvalue weighted by Crippen LogP contribution is -1.89. The molecule has 0 amide bonds. The number of benzene rings is 1. The highest BCUT2D eigenvalue weighted by Crippen LogP contribution is 2.26. The van der Waals surface area contributed by atoms with Gasteiger partial charge in [0, 0.05) is 22.5 Å². The number of anilines is 1. The number of rotatable bonds is 3. The van der Waals surface area contributed by atoms with E-state index in [2.05, 4.69) is 18.0 Å². The fourth-order valence-electron chi connectivity index (χ4n) is 1.47. The minimum atomic E-state index is 0.819. The summed E-state index contributed by atoms with van der Waals surface area (Å²) in [5.74, 6) is 0.894. The fraction of sp³-hybridized carbons (Fsp3) is 0.154. The Bertz CT molecular complexity index is 469. The van der Waals surface area contributed by atoms with Crippen LogP contribution in [-0.2, 0) is 5.75 Å². The third kappa shape index (κ3) is 2.76. The molecule has 3 heteroatoms. The monoisotopic (exact) mass is 230 g/mol. The predicted molar refractivity (Wildman–Crippen MR) is 69.4 cm³/mol. The summed E-state index contributed by atoms with van der Waals surface area (Å²) >= 11 is 1.79. The summed E-state index contributed by atoms with van der Waals surface area (Å²) in [4.78, 5) is 5.56. The van der Waals surface area contributed by atoms with Crippen LogP contribution in [0.15, 0.2) is 47.5 Å². The van der Waals surface area contributed by atoms with Crippen LogP contribution in [0.4, 0.5) is 5.69 Å². The van der Waals surface area contributed by atoms with Crippen molar-refractivity contribution in [3.05, 3.63) is 53.9 Å². The van der Waals surface area contributed by atoms with Crippen molar-refractivity contribution in [1.29, 1.82) is 0 Å². The number of nitrogens with two attached hydrogens (primary N) is 1. The van der Waals surface area contributed by atoms with E-state index in [4.69, 9.17) is 5.73 Å². The summed E-state index contributed by atoms with van der Waals surface area (Å²) in [5.41, 5.74) is 8.86. The number of thioether (sulfide) groups is 1. The molecule has 0 aliphatic rings. The maximum absolute atomic E-state index is 5.71. The third-order valence-electron chi connectivity index (χ3n) is 2.30. The summed E-state index contributed by atoms with van der Waals surface area (Å²) in [6, 6.07) is 12.0. The molecule has 0 aliphatic carbocycles. The summed E-state index contributed by atoms with van der Waals surface area (Å²) in [7, 11) is 0. The Labute approximate surface area is 99.9 Å². The Morgan fingerprint density at radius 1 is 1.25 bits per heavy atom. The second-order valence-corrected chi connectivity index (χ2v) is 4.65. The van der Waals surface area contributed by atoms with Gasteiger partial charge in [-0.05, 0) is 42.8 Å². The van der Waals surface area contributed by atoms with E-state index in [0.29, 0.717) is 0 Å². The summed E-state index contributed by atoms with van der Waals surface area (Å²) in [6.07, 6.45) is 1.83. The van der Waals surface area contributed by atoms with Gasteiger partial charge in [0.15, 0.2) is 0 Å². The van der Waals surface area contributed by atoms with Gasteiger partial charge < -0.3 is 5.73 Å². The van der Waals surface area contributed by atoms with Crippen molar-refractivity contribution >= 4 is 17.4 Å². The molecule has 2 rings (SSSR count). The van der Waals surface area contributed by atoms with Crippen molar-refractivity contribution in [1.82, 2.24) is 4.98 Å². The standard InChI is InChI=1S/C13H14N2S/c1-10-8-11(14)5-6-13(10)16-9-12-4-2-3-7-15-12/h2-8H,9,14H2,1H3. The van der Waals surface area contributed by atoms with Crippen LogP contribution in [0.3, 0.4) is 0 Å². The minimum absolute atomic E-state index is 0.819. The minimum Gasteiger partial charge on any atom is -0.399 e. The highest BCUT2D eigenvalue weighted by molar-refractivity contribution is 7.98.